The molecule has 188 valence electrons. The maximum atomic E-state index is 12.7. The van der Waals surface area contributed by atoms with Gasteiger partial charge in [-0.15, -0.1) is 22.7 Å². The molecule has 1 aliphatic rings. The van der Waals surface area contributed by atoms with Gasteiger partial charge in [0.1, 0.15) is 16.3 Å². The normalized spacial score (nSPS) is 13.9. The standard InChI is InChI=1S/C25H26N4O5S2/c1-34-17-4-2-15(3-5-17)20(30)6-7-21(31)29-11-8-16(9-12-29)25-28-19(14-36-25)24(33)27-18-10-13-35-22(18)23(26)32/h2-5,10,13-14,16H,6-9,11-12H2,1H3,(H2,26,32)(H,27,33). The van der Waals surface area contributed by atoms with Crippen molar-refractivity contribution in [3.05, 3.63) is 62.2 Å². The second kappa shape index (κ2) is 11.4. The molecule has 0 bridgehead atoms. The number of piperidine rings is 1. The van der Waals surface area contributed by atoms with E-state index in [1.54, 1.807) is 53.1 Å². The molecule has 3 amide bonds. The van der Waals surface area contributed by atoms with E-state index in [-0.39, 0.29) is 36.1 Å². The zero-order valence-corrected chi connectivity index (χ0v) is 21.3. The fraction of sp³-hybridized carbons (Fsp3) is 0.320. The van der Waals surface area contributed by atoms with E-state index in [2.05, 4.69) is 10.3 Å². The van der Waals surface area contributed by atoms with E-state index in [1.807, 2.05) is 0 Å². The molecule has 3 heterocycles. The van der Waals surface area contributed by atoms with Gasteiger partial charge in [-0.3, -0.25) is 19.2 Å². The van der Waals surface area contributed by atoms with Crippen LogP contribution in [0.15, 0.2) is 41.1 Å². The third kappa shape index (κ3) is 5.97. The highest BCUT2D eigenvalue weighted by Crippen LogP contribution is 2.31. The van der Waals surface area contributed by atoms with Crippen LogP contribution in [0.25, 0.3) is 0 Å². The topological polar surface area (TPSA) is 132 Å². The Hall–Kier alpha value is -3.57. The van der Waals surface area contributed by atoms with Crippen LogP contribution in [-0.4, -0.2) is 53.6 Å². The number of ether oxygens (including phenoxy) is 1. The van der Waals surface area contributed by atoms with Gasteiger partial charge in [-0.1, -0.05) is 0 Å². The summed E-state index contributed by atoms with van der Waals surface area (Å²) >= 11 is 2.58. The summed E-state index contributed by atoms with van der Waals surface area (Å²) in [5, 5.41) is 6.93. The zero-order valence-electron chi connectivity index (χ0n) is 19.7. The van der Waals surface area contributed by atoms with Crippen LogP contribution in [0.1, 0.15) is 67.1 Å². The smallest absolute Gasteiger partial charge is 0.275 e. The van der Waals surface area contributed by atoms with Gasteiger partial charge in [-0.05, 0) is 48.6 Å². The number of carbonyl (C=O) groups is 4. The van der Waals surface area contributed by atoms with E-state index < -0.39 is 11.8 Å². The van der Waals surface area contributed by atoms with Crippen molar-refractivity contribution < 1.29 is 23.9 Å². The molecule has 1 aliphatic heterocycles. The average molecular weight is 527 g/mol. The summed E-state index contributed by atoms with van der Waals surface area (Å²) in [6.45, 7) is 1.16. The number of Topliss-reactive ketones (excluding diaryl/α,β-unsaturated/α-hetero) is 1. The number of hydrogen-bond donors (Lipinski definition) is 2. The van der Waals surface area contributed by atoms with Crippen molar-refractivity contribution in [1.29, 1.82) is 0 Å². The average Bonchev–Trinajstić information content (AvgIpc) is 3.57. The number of ketones is 1. The van der Waals surface area contributed by atoms with Crippen LogP contribution in [0.3, 0.4) is 0 Å². The number of thiazole rings is 1. The Morgan fingerprint density at radius 1 is 1.08 bits per heavy atom. The molecule has 0 aliphatic carbocycles. The molecule has 0 spiro atoms. The number of carbonyl (C=O) groups excluding carboxylic acids is 4. The van der Waals surface area contributed by atoms with E-state index in [4.69, 9.17) is 10.5 Å². The van der Waals surface area contributed by atoms with Crippen molar-refractivity contribution >= 4 is 51.9 Å². The summed E-state index contributed by atoms with van der Waals surface area (Å²) in [5.74, 6) is -0.254. The second-order valence-electron chi connectivity index (χ2n) is 8.36. The Bertz CT molecular complexity index is 1260. The van der Waals surface area contributed by atoms with Crippen LogP contribution in [0.4, 0.5) is 5.69 Å². The van der Waals surface area contributed by atoms with Crippen molar-refractivity contribution in [2.45, 2.75) is 31.6 Å². The monoisotopic (exact) mass is 526 g/mol. The van der Waals surface area contributed by atoms with Gasteiger partial charge in [0.25, 0.3) is 11.8 Å². The minimum atomic E-state index is -0.592. The molecular weight excluding hydrogens is 500 g/mol. The van der Waals surface area contributed by atoms with Crippen molar-refractivity contribution in [1.82, 2.24) is 9.88 Å². The Balaban J connectivity index is 1.25. The number of amides is 3. The van der Waals surface area contributed by atoms with Gasteiger partial charge in [0, 0.05) is 42.8 Å². The number of thiophene rings is 1. The Morgan fingerprint density at radius 2 is 1.81 bits per heavy atom. The molecule has 9 nitrogen and oxygen atoms in total. The number of methoxy groups -OCH3 is 1. The number of nitrogens with one attached hydrogen (secondary N) is 1. The summed E-state index contributed by atoms with van der Waals surface area (Å²) in [4.78, 5) is 55.7. The lowest BCUT2D eigenvalue weighted by atomic mass is 9.97. The van der Waals surface area contributed by atoms with Crippen LogP contribution < -0.4 is 15.8 Å². The van der Waals surface area contributed by atoms with E-state index in [0.717, 1.165) is 17.8 Å². The lowest BCUT2D eigenvalue weighted by Crippen LogP contribution is -2.38. The molecule has 3 N–H and O–H groups in total. The van der Waals surface area contributed by atoms with Crippen LogP contribution in [0.5, 0.6) is 5.75 Å². The maximum absolute atomic E-state index is 12.7. The number of hydrogen-bond acceptors (Lipinski definition) is 8. The molecule has 3 aromatic rings. The van der Waals surface area contributed by atoms with E-state index >= 15 is 0 Å². The van der Waals surface area contributed by atoms with E-state index in [0.29, 0.717) is 35.0 Å². The highest BCUT2D eigenvalue weighted by molar-refractivity contribution is 7.12. The predicted octanol–water partition coefficient (Wildman–Crippen LogP) is 3.93. The van der Waals surface area contributed by atoms with E-state index in [1.165, 1.54) is 22.7 Å². The Labute approximate surface area is 216 Å². The molecule has 0 atom stereocenters. The first-order valence-electron chi connectivity index (χ1n) is 11.4. The number of likely N-dealkylation sites (tertiary alicyclic amines) is 1. The molecule has 1 fully saturated rings. The predicted molar refractivity (Wildman–Crippen MR) is 138 cm³/mol. The highest BCUT2D eigenvalue weighted by Gasteiger charge is 2.27. The van der Waals surface area contributed by atoms with Gasteiger partial charge >= 0.3 is 0 Å². The number of benzene rings is 1. The SMILES string of the molecule is COc1ccc(C(=O)CCC(=O)N2CCC(c3nc(C(=O)Nc4ccsc4C(N)=O)cs3)CC2)cc1. The molecule has 11 heteroatoms. The lowest BCUT2D eigenvalue weighted by Gasteiger charge is -2.31. The Kier molecular flexibility index (Phi) is 8.11. The first-order chi connectivity index (χ1) is 17.4. The summed E-state index contributed by atoms with van der Waals surface area (Å²) in [7, 11) is 1.57. The minimum absolute atomic E-state index is 0.0319. The summed E-state index contributed by atoms with van der Waals surface area (Å²) in [6.07, 6.45) is 1.82. The number of anilines is 1. The molecule has 0 radical (unpaired) electrons. The highest BCUT2D eigenvalue weighted by atomic mass is 32.1. The molecule has 1 saturated heterocycles. The second-order valence-corrected chi connectivity index (χ2v) is 10.2. The summed E-state index contributed by atoms with van der Waals surface area (Å²) < 4.78 is 5.10. The zero-order chi connectivity index (χ0) is 25.7. The van der Waals surface area contributed by atoms with Crippen molar-refractivity contribution in [2.75, 3.05) is 25.5 Å². The molecule has 0 unspecified atom stereocenters. The maximum Gasteiger partial charge on any atom is 0.275 e. The quantitative estimate of drug-likeness (QED) is 0.406. The number of aromatic nitrogens is 1. The van der Waals surface area contributed by atoms with Crippen LogP contribution in [0.2, 0.25) is 0 Å². The fourth-order valence-electron chi connectivity index (χ4n) is 4.04. The third-order valence-electron chi connectivity index (χ3n) is 6.07. The molecule has 1 aromatic carbocycles. The first kappa shape index (κ1) is 25.5. The van der Waals surface area contributed by atoms with Gasteiger partial charge in [-0.25, -0.2) is 4.98 Å². The fourth-order valence-corrected chi connectivity index (χ4v) is 5.71. The number of rotatable bonds is 9. The molecule has 2 aromatic heterocycles. The number of nitrogens with zero attached hydrogens (tertiary/aromatic N) is 2. The van der Waals surface area contributed by atoms with Crippen LogP contribution in [0, 0.1) is 0 Å². The third-order valence-corrected chi connectivity index (χ3v) is 8.00. The van der Waals surface area contributed by atoms with Crippen LogP contribution >= 0.6 is 22.7 Å². The molecule has 0 saturated carbocycles. The van der Waals surface area contributed by atoms with E-state index in [9.17, 15) is 19.2 Å². The molecule has 36 heavy (non-hydrogen) atoms. The molecule has 4 rings (SSSR count). The van der Waals surface area contributed by atoms with Crippen molar-refractivity contribution in [3.63, 3.8) is 0 Å². The lowest BCUT2D eigenvalue weighted by molar-refractivity contribution is -0.132. The Morgan fingerprint density at radius 3 is 2.47 bits per heavy atom. The number of nitrogens with two attached hydrogens (primary N) is 1. The van der Waals surface area contributed by atoms with Gasteiger partial charge in [0.05, 0.1) is 17.8 Å². The largest absolute Gasteiger partial charge is 0.497 e. The number of primary amides is 1. The van der Waals surface area contributed by atoms with Gasteiger partial charge < -0.3 is 20.7 Å². The van der Waals surface area contributed by atoms with Gasteiger partial charge in [0.2, 0.25) is 5.91 Å². The summed E-state index contributed by atoms with van der Waals surface area (Å²) in [6, 6.07) is 8.50. The summed E-state index contributed by atoms with van der Waals surface area (Å²) in [5.41, 5.74) is 6.56. The minimum Gasteiger partial charge on any atom is -0.497 e. The van der Waals surface area contributed by atoms with Gasteiger partial charge in [0.15, 0.2) is 5.78 Å². The first-order valence-corrected chi connectivity index (χ1v) is 13.2. The van der Waals surface area contributed by atoms with Crippen LogP contribution in [-0.2, 0) is 4.79 Å². The van der Waals surface area contributed by atoms with Gasteiger partial charge in [-0.2, -0.15) is 0 Å². The molecular formula is C25H26N4O5S2. The van der Waals surface area contributed by atoms with Crippen molar-refractivity contribution in [2.24, 2.45) is 5.73 Å². The van der Waals surface area contributed by atoms with Crippen molar-refractivity contribution in [3.8, 4) is 5.75 Å².